The standard InChI is InChI=1S/C27H34I2N4O5/c1-37-21-13-19(26-31-27(38-32-26)22(29)15-28)12-20(14-21)30-9-6-17-2-4-18(5-3-17)7-10-33-11-8-24(35)25(36)23(33)16-34/h2-5,12-14,22-25,30,34-36H,6-11,15-16H2,1H3/t22?,23-,24-,25-/m1/s1. The van der Waals surface area contributed by atoms with E-state index >= 15 is 0 Å². The molecule has 2 heterocycles. The molecule has 0 bridgehead atoms. The van der Waals surface area contributed by atoms with Gasteiger partial charge >= 0.3 is 0 Å². The molecular formula is C27H34I2N4O5. The van der Waals surface area contributed by atoms with Gasteiger partial charge in [0.15, 0.2) is 0 Å². The van der Waals surface area contributed by atoms with E-state index in [0.29, 0.717) is 24.7 Å². The molecule has 0 aliphatic carbocycles. The lowest BCUT2D eigenvalue weighted by atomic mass is 9.96. The number of anilines is 1. The number of piperidine rings is 1. The van der Waals surface area contributed by atoms with Crippen LogP contribution in [-0.4, -0.2) is 86.4 Å². The Hall–Kier alpha value is -1.52. The van der Waals surface area contributed by atoms with Gasteiger partial charge in [-0.1, -0.05) is 74.6 Å². The van der Waals surface area contributed by atoms with Crippen LogP contribution in [0.15, 0.2) is 47.0 Å². The van der Waals surface area contributed by atoms with Crippen molar-refractivity contribution in [2.45, 2.75) is 41.4 Å². The summed E-state index contributed by atoms with van der Waals surface area (Å²) in [6.07, 6.45) is 0.525. The molecule has 1 aliphatic rings. The van der Waals surface area contributed by atoms with Crippen LogP contribution in [0.4, 0.5) is 5.69 Å². The molecule has 1 fully saturated rings. The van der Waals surface area contributed by atoms with E-state index in [-0.39, 0.29) is 10.5 Å². The lowest BCUT2D eigenvalue weighted by Gasteiger charge is -2.40. The second-order valence-electron chi connectivity index (χ2n) is 9.40. The number of nitrogens with zero attached hydrogens (tertiary/aromatic N) is 3. The van der Waals surface area contributed by atoms with Crippen LogP contribution in [0.25, 0.3) is 11.4 Å². The maximum Gasteiger partial charge on any atom is 0.240 e. The minimum Gasteiger partial charge on any atom is -0.497 e. The molecule has 1 aliphatic heterocycles. The molecular weight excluding hydrogens is 714 g/mol. The van der Waals surface area contributed by atoms with Crippen molar-refractivity contribution in [2.75, 3.05) is 43.1 Å². The Morgan fingerprint density at radius 1 is 1.16 bits per heavy atom. The third kappa shape index (κ3) is 7.56. The van der Waals surface area contributed by atoms with Crippen molar-refractivity contribution in [1.82, 2.24) is 15.0 Å². The van der Waals surface area contributed by atoms with Crippen molar-refractivity contribution in [2.24, 2.45) is 0 Å². The number of ether oxygens (including phenoxy) is 1. The van der Waals surface area contributed by atoms with Gasteiger partial charge in [0.25, 0.3) is 0 Å². The van der Waals surface area contributed by atoms with Crippen molar-refractivity contribution < 1.29 is 24.6 Å². The quantitative estimate of drug-likeness (QED) is 0.163. The summed E-state index contributed by atoms with van der Waals surface area (Å²) in [6.45, 7) is 1.99. The number of aromatic nitrogens is 2. The molecule has 1 unspecified atom stereocenters. The van der Waals surface area contributed by atoms with Gasteiger partial charge in [0.2, 0.25) is 11.7 Å². The van der Waals surface area contributed by atoms with E-state index in [9.17, 15) is 15.3 Å². The first-order chi connectivity index (χ1) is 18.4. The average molecular weight is 748 g/mol. The maximum absolute atomic E-state index is 10.2. The van der Waals surface area contributed by atoms with Crippen molar-refractivity contribution in [3.05, 3.63) is 59.5 Å². The molecule has 0 amide bonds. The van der Waals surface area contributed by atoms with Crippen LogP contribution in [0.5, 0.6) is 5.75 Å². The highest BCUT2D eigenvalue weighted by Crippen LogP contribution is 2.30. The van der Waals surface area contributed by atoms with Gasteiger partial charge in [-0.3, -0.25) is 4.90 Å². The second-order valence-corrected chi connectivity index (χ2v) is 11.8. The topological polar surface area (TPSA) is 124 Å². The van der Waals surface area contributed by atoms with E-state index in [2.05, 4.69) is 89.8 Å². The molecule has 4 rings (SSSR count). The summed E-state index contributed by atoms with van der Waals surface area (Å²) < 4.78 is 12.0. The van der Waals surface area contributed by atoms with Gasteiger partial charge in [-0.25, -0.2) is 0 Å². The summed E-state index contributed by atoms with van der Waals surface area (Å²) in [5, 5.41) is 37.3. The molecule has 4 N–H and O–H groups in total. The molecule has 206 valence electrons. The zero-order chi connectivity index (χ0) is 27.1. The largest absolute Gasteiger partial charge is 0.497 e. The monoisotopic (exact) mass is 748 g/mol. The Morgan fingerprint density at radius 3 is 2.58 bits per heavy atom. The molecule has 1 saturated heterocycles. The van der Waals surface area contributed by atoms with Crippen molar-refractivity contribution in [3.63, 3.8) is 0 Å². The third-order valence-electron chi connectivity index (χ3n) is 6.86. The number of halogens is 2. The number of hydrogen-bond acceptors (Lipinski definition) is 9. The number of methoxy groups -OCH3 is 1. The fraction of sp³-hybridized carbons (Fsp3) is 0.481. The number of rotatable bonds is 12. The van der Waals surface area contributed by atoms with Gasteiger partial charge in [-0.15, -0.1) is 0 Å². The number of benzene rings is 2. The molecule has 9 nitrogen and oxygen atoms in total. The van der Waals surface area contributed by atoms with Gasteiger partial charge in [0, 0.05) is 41.4 Å². The molecule has 0 saturated carbocycles. The maximum atomic E-state index is 10.2. The molecule has 3 aromatic rings. The molecule has 0 spiro atoms. The van der Waals surface area contributed by atoms with Crippen LogP contribution >= 0.6 is 45.2 Å². The lowest BCUT2D eigenvalue weighted by molar-refractivity contribution is -0.0890. The van der Waals surface area contributed by atoms with E-state index in [0.717, 1.165) is 47.4 Å². The summed E-state index contributed by atoms with van der Waals surface area (Å²) in [4.78, 5) is 6.62. The minimum absolute atomic E-state index is 0.160. The molecule has 11 heteroatoms. The zero-order valence-corrected chi connectivity index (χ0v) is 25.6. The Morgan fingerprint density at radius 2 is 1.89 bits per heavy atom. The van der Waals surface area contributed by atoms with Crippen LogP contribution in [0.2, 0.25) is 0 Å². The first-order valence-corrected chi connectivity index (χ1v) is 15.4. The van der Waals surface area contributed by atoms with Crippen molar-refractivity contribution in [1.29, 1.82) is 0 Å². The fourth-order valence-electron chi connectivity index (χ4n) is 4.60. The predicted molar refractivity (Wildman–Crippen MR) is 163 cm³/mol. The first kappa shape index (κ1) is 29.5. The summed E-state index contributed by atoms with van der Waals surface area (Å²) in [5.74, 6) is 1.89. The number of hydrogen-bond donors (Lipinski definition) is 4. The van der Waals surface area contributed by atoms with Gasteiger partial charge in [0.1, 0.15) is 5.75 Å². The smallest absolute Gasteiger partial charge is 0.240 e. The van der Waals surface area contributed by atoms with Crippen molar-refractivity contribution in [3.8, 4) is 17.1 Å². The van der Waals surface area contributed by atoms with Crippen LogP contribution < -0.4 is 10.1 Å². The highest BCUT2D eigenvalue weighted by molar-refractivity contribution is 14.1. The van der Waals surface area contributed by atoms with Crippen LogP contribution in [0, 0.1) is 0 Å². The number of likely N-dealkylation sites (tertiary alicyclic amines) is 1. The minimum atomic E-state index is -0.905. The Kier molecular flexibility index (Phi) is 11.0. The normalized spacial score (nSPS) is 20.8. The predicted octanol–water partition coefficient (Wildman–Crippen LogP) is 3.64. The number of nitrogens with one attached hydrogen (secondary N) is 1. The molecule has 38 heavy (non-hydrogen) atoms. The summed E-state index contributed by atoms with van der Waals surface area (Å²) in [7, 11) is 1.64. The van der Waals surface area contributed by atoms with E-state index in [1.54, 1.807) is 7.11 Å². The Bertz CT molecular complexity index is 1160. The molecule has 4 atom stereocenters. The lowest BCUT2D eigenvalue weighted by Crippen LogP contribution is -2.56. The van der Waals surface area contributed by atoms with Gasteiger partial charge in [0.05, 0.1) is 35.9 Å². The van der Waals surface area contributed by atoms with E-state index in [1.165, 1.54) is 11.1 Å². The highest BCUT2D eigenvalue weighted by atomic mass is 127. The average Bonchev–Trinajstić information content (AvgIpc) is 3.44. The number of aliphatic hydroxyl groups is 3. The third-order valence-corrected chi connectivity index (χ3v) is 10.4. The van der Waals surface area contributed by atoms with Gasteiger partial charge < -0.3 is 29.9 Å². The number of alkyl halides is 2. The summed E-state index contributed by atoms with van der Waals surface area (Å²) in [6, 6.07) is 14.0. The fourth-order valence-corrected chi connectivity index (χ4v) is 5.23. The van der Waals surface area contributed by atoms with Crippen LogP contribution in [-0.2, 0) is 12.8 Å². The molecule has 2 aromatic carbocycles. The van der Waals surface area contributed by atoms with Gasteiger partial charge in [-0.2, -0.15) is 4.98 Å². The van der Waals surface area contributed by atoms with E-state index in [1.807, 2.05) is 18.2 Å². The molecule has 1 aromatic heterocycles. The Labute approximate surface area is 250 Å². The highest BCUT2D eigenvalue weighted by Gasteiger charge is 2.35. The molecule has 0 radical (unpaired) electrons. The Balaban J connectivity index is 1.30. The summed E-state index contributed by atoms with van der Waals surface area (Å²) >= 11 is 4.60. The summed E-state index contributed by atoms with van der Waals surface area (Å²) in [5.41, 5.74) is 4.19. The number of aliphatic hydroxyl groups excluding tert-OH is 3. The van der Waals surface area contributed by atoms with Crippen LogP contribution in [0.3, 0.4) is 0 Å². The van der Waals surface area contributed by atoms with Crippen molar-refractivity contribution >= 4 is 50.9 Å². The SMILES string of the molecule is COc1cc(NCCc2ccc(CCN3CC[C@@H](O)[C@H](O)[C@H]3CO)cc2)cc(-c2noc(C(I)CI)n2)c1. The van der Waals surface area contributed by atoms with E-state index in [4.69, 9.17) is 9.26 Å². The second kappa shape index (κ2) is 14.2. The zero-order valence-electron chi connectivity index (χ0n) is 21.3. The van der Waals surface area contributed by atoms with E-state index < -0.39 is 18.2 Å². The van der Waals surface area contributed by atoms with Gasteiger partial charge in [-0.05, 0) is 42.5 Å². The first-order valence-electron chi connectivity index (χ1n) is 12.7. The van der Waals surface area contributed by atoms with Crippen LogP contribution in [0.1, 0.15) is 27.4 Å².